The Morgan fingerprint density at radius 1 is 1.03 bits per heavy atom. The van der Waals surface area contributed by atoms with E-state index in [0.717, 1.165) is 29.7 Å². The number of aliphatic hydroxyl groups is 1. The Labute approximate surface area is 212 Å². The molecule has 0 saturated carbocycles. The van der Waals surface area contributed by atoms with Crippen molar-refractivity contribution >= 4 is 27.5 Å². The highest BCUT2D eigenvalue weighted by Crippen LogP contribution is 2.32. The van der Waals surface area contributed by atoms with Crippen LogP contribution in [0.15, 0.2) is 48.5 Å². The van der Waals surface area contributed by atoms with E-state index >= 15 is 0 Å². The van der Waals surface area contributed by atoms with E-state index in [1.807, 2.05) is 24.3 Å². The molecule has 4 rings (SSSR count). The topological polar surface area (TPSA) is 107 Å². The van der Waals surface area contributed by atoms with Gasteiger partial charge in [0.25, 0.3) is 0 Å². The number of rotatable bonds is 7. The maximum absolute atomic E-state index is 13.6. The molecule has 194 valence electrons. The first-order valence-electron chi connectivity index (χ1n) is 12.2. The largest absolute Gasteiger partial charge is 0.388 e. The Morgan fingerprint density at radius 3 is 2.31 bits per heavy atom. The molecule has 1 N–H and O–H groups in total. The van der Waals surface area contributed by atoms with Gasteiger partial charge in [-0.25, -0.2) is 17.5 Å². The highest BCUT2D eigenvalue weighted by Gasteiger charge is 2.28. The van der Waals surface area contributed by atoms with Gasteiger partial charge in [-0.2, -0.15) is 0 Å². The molecule has 2 aromatic rings. The fourth-order valence-corrected chi connectivity index (χ4v) is 5.61. The number of hydrogen-bond donors (Lipinski definition) is 1. The van der Waals surface area contributed by atoms with Crippen LogP contribution >= 0.6 is 0 Å². The van der Waals surface area contributed by atoms with Crippen molar-refractivity contribution in [2.75, 3.05) is 57.2 Å². The molecule has 2 aromatic carbocycles. The average molecular weight is 516 g/mol. The van der Waals surface area contributed by atoms with E-state index in [4.69, 9.17) is 9.84 Å². The number of urea groups is 1. The summed E-state index contributed by atoms with van der Waals surface area (Å²) in [7, 11) is -3.19. The van der Waals surface area contributed by atoms with E-state index in [0.29, 0.717) is 51.5 Å². The lowest BCUT2D eigenvalue weighted by atomic mass is 9.90. The van der Waals surface area contributed by atoms with Crippen molar-refractivity contribution in [1.29, 1.82) is 0 Å². The van der Waals surface area contributed by atoms with Crippen molar-refractivity contribution in [3.05, 3.63) is 65.2 Å². The van der Waals surface area contributed by atoms with Crippen LogP contribution in [-0.2, 0) is 21.3 Å². The molecule has 0 aromatic heterocycles. The lowest BCUT2D eigenvalue weighted by molar-refractivity contribution is 0.0548. The number of nitrogens with zero attached hydrogens (tertiary/aromatic N) is 3. The summed E-state index contributed by atoms with van der Waals surface area (Å²) in [5, 5.41) is 9.11. The SMILES string of the molecule is CS(=O)(=O)N1CCC(c2cccc(N(Cc3ccc(C(=O)CO)cc3)C(=O)N3CCOCC3)c2)CC1. The first-order valence-corrected chi connectivity index (χ1v) is 14.0. The molecule has 0 radical (unpaired) electrons. The van der Waals surface area contributed by atoms with Crippen LogP contribution in [0.4, 0.5) is 10.5 Å². The van der Waals surface area contributed by atoms with E-state index in [1.54, 1.807) is 34.1 Å². The number of amides is 2. The molecule has 0 atom stereocenters. The summed E-state index contributed by atoms with van der Waals surface area (Å²) in [5.74, 6) is -0.135. The van der Waals surface area contributed by atoms with Gasteiger partial charge in [0, 0.05) is 37.4 Å². The Balaban J connectivity index is 1.57. The number of morpholine rings is 1. The maximum atomic E-state index is 13.6. The summed E-state index contributed by atoms with van der Waals surface area (Å²) in [6, 6.07) is 14.7. The van der Waals surface area contributed by atoms with Crippen LogP contribution in [0.2, 0.25) is 0 Å². The van der Waals surface area contributed by atoms with Crippen molar-refractivity contribution in [2.24, 2.45) is 0 Å². The normalized spacial score (nSPS) is 17.7. The van der Waals surface area contributed by atoms with E-state index in [9.17, 15) is 18.0 Å². The number of ketones is 1. The van der Waals surface area contributed by atoms with Gasteiger partial charge in [0.1, 0.15) is 6.61 Å². The summed E-state index contributed by atoms with van der Waals surface area (Å²) in [5.41, 5.74) is 3.14. The molecular formula is C26H33N3O6S. The zero-order valence-corrected chi connectivity index (χ0v) is 21.3. The van der Waals surface area contributed by atoms with Crippen LogP contribution in [-0.4, -0.2) is 86.8 Å². The van der Waals surface area contributed by atoms with Crippen molar-refractivity contribution in [2.45, 2.75) is 25.3 Å². The second kappa shape index (κ2) is 11.5. The fourth-order valence-electron chi connectivity index (χ4n) is 4.73. The smallest absolute Gasteiger partial charge is 0.324 e. The predicted octanol–water partition coefficient (Wildman–Crippen LogP) is 2.46. The van der Waals surface area contributed by atoms with E-state index in [-0.39, 0.29) is 17.7 Å². The van der Waals surface area contributed by atoms with Gasteiger partial charge < -0.3 is 14.7 Å². The van der Waals surface area contributed by atoms with Gasteiger partial charge in [0.05, 0.1) is 26.0 Å². The summed E-state index contributed by atoms with van der Waals surface area (Å²) < 4.78 is 30.7. The first kappa shape index (κ1) is 26.3. The molecule has 0 aliphatic carbocycles. The molecule has 2 amide bonds. The molecule has 0 unspecified atom stereocenters. The lowest BCUT2D eigenvalue weighted by Crippen LogP contribution is -2.48. The number of piperidine rings is 1. The number of carbonyl (C=O) groups excluding carboxylic acids is 2. The molecule has 0 bridgehead atoms. The first-order chi connectivity index (χ1) is 17.3. The summed E-state index contributed by atoms with van der Waals surface area (Å²) in [6.45, 7) is 2.78. The number of sulfonamides is 1. The van der Waals surface area contributed by atoms with Gasteiger partial charge in [0.2, 0.25) is 10.0 Å². The Bertz CT molecular complexity index is 1170. The van der Waals surface area contributed by atoms with Gasteiger partial charge >= 0.3 is 6.03 Å². The van der Waals surface area contributed by atoms with Gasteiger partial charge in [-0.15, -0.1) is 0 Å². The van der Waals surface area contributed by atoms with Crippen LogP contribution in [0, 0.1) is 0 Å². The highest BCUT2D eigenvalue weighted by atomic mass is 32.2. The summed E-state index contributed by atoms with van der Waals surface area (Å²) >= 11 is 0. The molecule has 2 aliphatic heterocycles. The van der Waals surface area contributed by atoms with Crippen molar-refractivity contribution in [3.63, 3.8) is 0 Å². The van der Waals surface area contributed by atoms with Crippen LogP contribution in [0.1, 0.15) is 40.2 Å². The van der Waals surface area contributed by atoms with Crippen molar-refractivity contribution in [3.8, 4) is 0 Å². The van der Waals surface area contributed by atoms with Gasteiger partial charge in [-0.05, 0) is 42.0 Å². The number of benzene rings is 2. The molecule has 2 fully saturated rings. The predicted molar refractivity (Wildman–Crippen MR) is 137 cm³/mol. The number of ether oxygens (including phenoxy) is 1. The molecule has 2 saturated heterocycles. The summed E-state index contributed by atoms with van der Waals surface area (Å²) in [4.78, 5) is 28.9. The minimum Gasteiger partial charge on any atom is -0.388 e. The zero-order chi connectivity index (χ0) is 25.7. The number of aliphatic hydroxyl groups excluding tert-OH is 1. The van der Waals surface area contributed by atoms with Crippen LogP contribution in [0.3, 0.4) is 0 Å². The molecule has 36 heavy (non-hydrogen) atoms. The monoisotopic (exact) mass is 515 g/mol. The zero-order valence-electron chi connectivity index (χ0n) is 20.5. The fraction of sp³-hybridized carbons (Fsp3) is 0.462. The third-order valence-electron chi connectivity index (χ3n) is 6.85. The number of hydrogen-bond acceptors (Lipinski definition) is 6. The van der Waals surface area contributed by atoms with Crippen LogP contribution in [0.5, 0.6) is 0 Å². The minimum absolute atomic E-state index is 0.113. The molecule has 2 heterocycles. The van der Waals surface area contributed by atoms with Crippen molar-refractivity contribution < 1.29 is 27.9 Å². The quantitative estimate of drug-likeness (QED) is 0.568. The van der Waals surface area contributed by atoms with E-state index in [2.05, 4.69) is 0 Å². The Morgan fingerprint density at radius 2 is 1.69 bits per heavy atom. The Hall–Kier alpha value is -2.79. The average Bonchev–Trinajstić information content (AvgIpc) is 2.91. The molecule has 9 nitrogen and oxygen atoms in total. The van der Waals surface area contributed by atoms with Gasteiger partial charge in [-0.3, -0.25) is 9.69 Å². The third-order valence-corrected chi connectivity index (χ3v) is 8.15. The van der Waals surface area contributed by atoms with E-state index in [1.165, 1.54) is 10.6 Å². The Kier molecular flexibility index (Phi) is 8.40. The van der Waals surface area contributed by atoms with Crippen LogP contribution < -0.4 is 4.90 Å². The minimum atomic E-state index is -3.19. The second-order valence-electron chi connectivity index (χ2n) is 9.28. The summed E-state index contributed by atoms with van der Waals surface area (Å²) in [6.07, 6.45) is 2.71. The van der Waals surface area contributed by atoms with Crippen LogP contribution in [0.25, 0.3) is 0 Å². The highest BCUT2D eigenvalue weighted by molar-refractivity contribution is 7.88. The number of anilines is 1. The number of Topliss-reactive ketones (excluding diaryl/α,β-unsaturated/α-hetero) is 1. The van der Waals surface area contributed by atoms with Crippen molar-refractivity contribution in [1.82, 2.24) is 9.21 Å². The molecule has 10 heteroatoms. The third kappa shape index (κ3) is 6.31. The van der Waals surface area contributed by atoms with E-state index < -0.39 is 16.6 Å². The van der Waals surface area contributed by atoms with Gasteiger partial charge in [-0.1, -0.05) is 36.4 Å². The lowest BCUT2D eigenvalue weighted by Gasteiger charge is -2.34. The van der Waals surface area contributed by atoms with Gasteiger partial charge in [0.15, 0.2) is 5.78 Å². The molecule has 2 aliphatic rings. The number of carbonyl (C=O) groups is 2. The standard InChI is InChI=1S/C26H33N3O6S/c1-36(33,34)28-11-9-21(10-12-28)23-3-2-4-24(17-23)29(26(32)27-13-15-35-16-14-27)18-20-5-7-22(8-6-20)25(31)19-30/h2-8,17,21,30H,9-16,18-19H2,1H3. The maximum Gasteiger partial charge on any atom is 0.324 e. The molecule has 0 spiro atoms. The molecular weight excluding hydrogens is 482 g/mol. The second-order valence-corrected chi connectivity index (χ2v) is 11.3.